The number of carbonyl (C=O) groups excluding carboxylic acids is 1. The van der Waals surface area contributed by atoms with E-state index in [4.69, 9.17) is 11.6 Å². The molecule has 1 saturated carbocycles. The first-order valence-electron chi connectivity index (χ1n) is 5.79. The van der Waals surface area contributed by atoms with Gasteiger partial charge in [-0.2, -0.15) is 0 Å². The zero-order chi connectivity index (χ0) is 12.5. The second-order valence-corrected chi connectivity index (χ2v) is 5.54. The summed E-state index contributed by atoms with van der Waals surface area (Å²) in [6.45, 7) is 4.36. The molecule has 1 fully saturated rings. The van der Waals surface area contributed by atoms with Crippen molar-refractivity contribution in [3.05, 3.63) is 23.0 Å². The maximum Gasteiger partial charge on any atom is 0.272 e. The van der Waals surface area contributed by atoms with Crippen LogP contribution in [0.25, 0.3) is 0 Å². The van der Waals surface area contributed by atoms with Crippen molar-refractivity contribution in [3.63, 3.8) is 0 Å². The van der Waals surface area contributed by atoms with E-state index in [0.29, 0.717) is 10.8 Å². The Balaban J connectivity index is 2.04. The van der Waals surface area contributed by atoms with Gasteiger partial charge in [0, 0.05) is 6.04 Å². The summed E-state index contributed by atoms with van der Waals surface area (Å²) in [5, 5.41) is 10.8. The smallest absolute Gasteiger partial charge is 0.272 e. The van der Waals surface area contributed by atoms with Gasteiger partial charge in [0.1, 0.15) is 0 Å². The molecule has 0 spiro atoms. The molecule has 17 heavy (non-hydrogen) atoms. The molecule has 92 valence electrons. The zero-order valence-electron chi connectivity index (χ0n) is 10.0. The monoisotopic (exact) mass is 253 g/mol. The minimum absolute atomic E-state index is 0.162. The first kappa shape index (κ1) is 12.3. The SMILES string of the molecule is CC1(C)CCCC1NC(=O)c1ccc(Cl)nn1. The standard InChI is InChI=1S/C12H16ClN3O/c1-12(2)7-3-4-9(12)14-11(17)8-5-6-10(13)16-15-8/h5-6,9H,3-4,7H2,1-2H3,(H,14,17). The van der Waals surface area contributed by atoms with Crippen molar-refractivity contribution in [2.24, 2.45) is 5.41 Å². The molecule has 1 N–H and O–H groups in total. The fraction of sp³-hybridized carbons (Fsp3) is 0.583. The van der Waals surface area contributed by atoms with Crippen LogP contribution in [0.1, 0.15) is 43.6 Å². The average molecular weight is 254 g/mol. The lowest BCUT2D eigenvalue weighted by Crippen LogP contribution is -2.41. The maximum absolute atomic E-state index is 11.9. The fourth-order valence-electron chi connectivity index (χ4n) is 2.26. The van der Waals surface area contributed by atoms with E-state index in [2.05, 4.69) is 29.4 Å². The number of nitrogens with one attached hydrogen (secondary N) is 1. The van der Waals surface area contributed by atoms with Crippen LogP contribution in [0.5, 0.6) is 0 Å². The molecule has 1 aliphatic rings. The number of hydrogen-bond donors (Lipinski definition) is 1. The third-order valence-corrected chi connectivity index (χ3v) is 3.63. The minimum atomic E-state index is -0.172. The van der Waals surface area contributed by atoms with Crippen molar-refractivity contribution < 1.29 is 4.79 Å². The summed E-state index contributed by atoms with van der Waals surface area (Å²) in [6, 6.07) is 3.38. The van der Waals surface area contributed by atoms with Gasteiger partial charge in [-0.25, -0.2) is 0 Å². The van der Waals surface area contributed by atoms with Crippen molar-refractivity contribution in [1.82, 2.24) is 15.5 Å². The lowest BCUT2D eigenvalue weighted by molar-refractivity contribution is 0.0904. The predicted molar refractivity (Wildman–Crippen MR) is 65.9 cm³/mol. The average Bonchev–Trinajstić information content (AvgIpc) is 2.59. The minimum Gasteiger partial charge on any atom is -0.347 e. The van der Waals surface area contributed by atoms with Crippen molar-refractivity contribution in [1.29, 1.82) is 0 Å². The van der Waals surface area contributed by atoms with Gasteiger partial charge < -0.3 is 5.32 Å². The first-order chi connectivity index (χ1) is 7.99. The lowest BCUT2D eigenvalue weighted by Gasteiger charge is -2.27. The topological polar surface area (TPSA) is 54.9 Å². The first-order valence-corrected chi connectivity index (χ1v) is 6.17. The van der Waals surface area contributed by atoms with Gasteiger partial charge in [0.15, 0.2) is 10.8 Å². The van der Waals surface area contributed by atoms with Crippen LogP contribution in [-0.4, -0.2) is 22.1 Å². The number of nitrogens with zero attached hydrogens (tertiary/aromatic N) is 2. The second-order valence-electron chi connectivity index (χ2n) is 5.15. The third-order valence-electron chi connectivity index (χ3n) is 3.43. The molecule has 0 aromatic carbocycles. The predicted octanol–water partition coefficient (Wildman–Crippen LogP) is 2.44. The van der Waals surface area contributed by atoms with Gasteiger partial charge in [0.25, 0.3) is 5.91 Å². The van der Waals surface area contributed by atoms with Crippen molar-refractivity contribution in [3.8, 4) is 0 Å². The summed E-state index contributed by atoms with van der Waals surface area (Å²) in [7, 11) is 0. The van der Waals surface area contributed by atoms with Gasteiger partial charge in [0.2, 0.25) is 0 Å². The van der Waals surface area contributed by atoms with Gasteiger partial charge in [0.05, 0.1) is 0 Å². The molecule has 0 aliphatic heterocycles. The van der Waals surface area contributed by atoms with E-state index in [9.17, 15) is 4.79 Å². The fourth-order valence-corrected chi connectivity index (χ4v) is 2.36. The van der Waals surface area contributed by atoms with E-state index in [0.717, 1.165) is 19.3 Å². The number of aromatic nitrogens is 2. The number of carbonyl (C=O) groups is 1. The molecule has 1 aliphatic carbocycles. The molecule has 1 unspecified atom stereocenters. The van der Waals surface area contributed by atoms with Crippen LogP contribution >= 0.6 is 11.6 Å². The molecule has 1 heterocycles. The molecule has 5 heteroatoms. The molecule has 0 bridgehead atoms. The highest BCUT2D eigenvalue weighted by Gasteiger charge is 2.35. The van der Waals surface area contributed by atoms with Gasteiger partial charge in [-0.1, -0.05) is 31.9 Å². The molecular weight excluding hydrogens is 238 g/mol. The molecule has 2 rings (SSSR count). The quantitative estimate of drug-likeness (QED) is 0.881. The number of hydrogen-bond acceptors (Lipinski definition) is 3. The normalized spacial score (nSPS) is 22.4. The number of rotatable bonds is 2. The van der Waals surface area contributed by atoms with Crippen molar-refractivity contribution in [2.75, 3.05) is 0 Å². The van der Waals surface area contributed by atoms with Crippen molar-refractivity contribution in [2.45, 2.75) is 39.2 Å². The largest absolute Gasteiger partial charge is 0.347 e. The van der Waals surface area contributed by atoms with Crippen LogP contribution in [-0.2, 0) is 0 Å². The van der Waals surface area contributed by atoms with Crippen LogP contribution in [0.3, 0.4) is 0 Å². The Morgan fingerprint density at radius 2 is 2.24 bits per heavy atom. The van der Waals surface area contributed by atoms with Crippen molar-refractivity contribution >= 4 is 17.5 Å². The summed E-state index contributed by atoms with van der Waals surface area (Å²) >= 11 is 5.63. The lowest BCUT2D eigenvalue weighted by atomic mass is 9.87. The van der Waals surface area contributed by atoms with Gasteiger partial charge in [-0.3, -0.25) is 4.79 Å². The molecule has 4 nitrogen and oxygen atoms in total. The Morgan fingerprint density at radius 1 is 1.47 bits per heavy atom. The second kappa shape index (κ2) is 4.61. The van der Waals surface area contributed by atoms with Crippen LogP contribution in [0, 0.1) is 5.41 Å². The van der Waals surface area contributed by atoms with Gasteiger partial charge >= 0.3 is 0 Å². The van der Waals surface area contributed by atoms with E-state index < -0.39 is 0 Å². The summed E-state index contributed by atoms with van der Waals surface area (Å²) < 4.78 is 0. The Morgan fingerprint density at radius 3 is 2.76 bits per heavy atom. The summed E-state index contributed by atoms with van der Waals surface area (Å²) in [4.78, 5) is 11.9. The van der Waals surface area contributed by atoms with Gasteiger partial charge in [-0.05, 0) is 30.4 Å². The van der Waals surface area contributed by atoms with E-state index >= 15 is 0 Å². The Bertz CT molecular complexity index is 416. The maximum atomic E-state index is 11.9. The van der Waals surface area contributed by atoms with Crippen LogP contribution < -0.4 is 5.32 Å². The Kier molecular flexibility index (Phi) is 3.33. The zero-order valence-corrected chi connectivity index (χ0v) is 10.8. The Labute approximate surface area is 106 Å². The van der Waals surface area contributed by atoms with Gasteiger partial charge in [-0.15, -0.1) is 10.2 Å². The molecule has 1 aromatic rings. The van der Waals surface area contributed by atoms with E-state index in [1.807, 2.05) is 0 Å². The van der Waals surface area contributed by atoms with E-state index in [1.54, 1.807) is 12.1 Å². The molecule has 1 aromatic heterocycles. The van der Waals surface area contributed by atoms with Crippen LogP contribution in [0.4, 0.5) is 0 Å². The number of halogens is 1. The highest BCUT2D eigenvalue weighted by Crippen LogP contribution is 2.37. The molecule has 0 radical (unpaired) electrons. The molecule has 0 saturated heterocycles. The summed E-state index contributed by atoms with van der Waals surface area (Å²) in [6.07, 6.45) is 3.33. The third kappa shape index (κ3) is 2.75. The Hall–Kier alpha value is -1.16. The van der Waals surface area contributed by atoms with E-state index in [1.165, 1.54) is 0 Å². The van der Waals surface area contributed by atoms with Crippen LogP contribution in [0.2, 0.25) is 5.15 Å². The summed E-state index contributed by atoms with van der Waals surface area (Å²) in [5.41, 5.74) is 0.479. The molecule has 1 atom stereocenters. The molecular formula is C12H16ClN3O. The van der Waals surface area contributed by atoms with E-state index in [-0.39, 0.29) is 17.4 Å². The molecule has 1 amide bonds. The van der Waals surface area contributed by atoms with Crippen LogP contribution in [0.15, 0.2) is 12.1 Å². The highest BCUT2D eigenvalue weighted by molar-refractivity contribution is 6.29. The summed E-state index contributed by atoms with van der Waals surface area (Å²) in [5.74, 6) is -0.172. The number of amides is 1. The highest BCUT2D eigenvalue weighted by atomic mass is 35.5.